The Kier molecular flexibility index (Phi) is 5.06. The molecule has 0 bridgehead atoms. The number of hydrogen-bond donors (Lipinski definition) is 0. The second-order valence-corrected chi connectivity index (χ2v) is 3.51. The molecule has 1 unspecified atom stereocenters. The topological polar surface area (TPSA) is 9.23 Å². The molecule has 2 radical (unpaired) electrons. The fourth-order valence-corrected chi connectivity index (χ4v) is 1.21. The quantitative estimate of drug-likeness (QED) is 0.648. The molecule has 0 aliphatic heterocycles. The monoisotopic (exact) mass is 222 g/mol. The summed E-state index contributed by atoms with van der Waals surface area (Å²) in [6.07, 6.45) is 0. The van der Waals surface area contributed by atoms with Crippen molar-refractivity contribution >= 4 is 22.9 Å². The molecule has 0 aromatic rings. The SMILES string of the molecule is CC(C)C(C)C[O][SnH]. The summed E-state index contributed by atoms with van der Waals surface area (Å²) in [5, 5.41) is 0. The maximum absolute atomic E-state index is 5.09. The zero-order chi connectivity index (χ0) is 6.57. The maximum atomic E-state index is 5.09. The zero-order valence-corrected chi connectivity index (χ0v) is 9.14. The van der Waals surface area contributed by atoms with Crippen molar-refractivity contribution in [2.45, 2.75) is 20.8 Å². The van der Waals surface area contributed by atoms with E-state index in [4.69, 9.17) is 3.07 Å². The Morgan fingerprint density at radius 3 is 2.00 bits per heavy atom. The zero-order valence-electron chi connectivity index (χ0n) is 5.85. The third-order valence-corrected chi connectivity index (χ3v) is 2.05. The van der Waals surface area contributed by atoms with Crippen LogP contribution in [0, 0.1) is 11.8 Å². The molecular formula is C6H14OSn. The fourth-order valence-electron chi connectivity index (χ4n) is 0.344. The second-order valence-electron chi connectivity index (χ2n) is 2.55. The summed E-state index contributed by atoms with van der Waals surface area (Å²) in [5.41, 5.74) is 0. The summed E-state index contributed by atoms with van der Waals surface area (Å²) in [4.78, 5) is 0. The van der Waals surface area contributed by atoms with Crippen LogP contribution in [0.4, 0.5) is 0 Å². The van der Waals surface area contributed by atoms with Crippen molar-refractivity contribution in [1.29, 1.82) is 0 Å². The van der Waals surface area contributed by atoms with Crippen molar-refractivity contribution in [2.24, 2.45) is 11.8 Å². The van der Waals surface area contributed by atoms with Gasteiger partial charge in [-0.3, -0.25) is 0 Å². The number of rotatable bonds is 3. The molecule has 0 heterocycles. The third kappa shape index (κ3) is 3.72. The molecule has 0 aliphatic rings. The Bertz CT molecular complexity index is 54.5. The molecule has 0 amide bonds. The van der Waals surface area contributed by atoms with Crippen LogP contribution >= 0.6 is 0 Å². The van der Waals surface area contributed by atoms with Gasteiger partial charge >= 0.3 is 65.2 Å². The van der Waals surface area contributed by atoms with Gasteiger partial charge in [-0.25, -0.2) is 0 Å². The van der Waals surface area contributed by atoms with E-state index in [0.29, 0.717) is 0 Å². The van der Waals surface area contributed by atoms with Crippen LogP contribution in [0.5, 0.6) is 0 Å². The summed E-state index contributed by atoms with van der Waals surface area (Å²) in [6, 6.07) is 0. The molecule has 0 fully saturated rings. The molecule has 48 valence electrons. The summed E-state index contributed by atoms with van der Waals surface area (Å²) < 4.78 is 5.09. The first-order chi connectivity index (χ1) is 3.68. The molecular weight excluding hydrogens is 207 g/mol. The van der Waals surface area contributed by atoms with Crippen LogP contribution in [0.2, 0.25) is 0 Å². The fraction of sp³-hybridized carbons (Fsp3) is 1.00. The van der Waals surface area contributed by atoms with Crippen LogP contribution in [0.3, 0.4) is 0 Å². The van der Waals surface area contributed by atoms with Crippen molar-refractivity contribution in [2.75, 3.05) is 6.61 Å². The third-order valence-electron chi connectivity index (χ3n) is 1.50. The van der Waals surface area contributed by atoms with Crippen LogP contribution in [0.25, 0.3) is 0 Å². The molecule has 8 heavy (non-hydrogen) atoms. The Labute approximate surface area is 65.4 Å². The van der Waals surface area contributed by atoms with Crippen molar-refractivity contribution in [3.8, 4) is 0 Å². The molecule has 0 aromatic heterocycles. The van der Waals surface area contributed by atoms with Crippen LogP contribution in [-0.2, 0) is 3.07 Å². The molecule has 0 aromatic carbocycles. The summed E-state index contributed by atoms with van der Waals surface area (Å²) in [5.74, 6) is 1.49. The Morgan fingerprint density at radius 2 is 1.88 bits per heavy atom. The first-order valence-electron chi connectivity index (χ1n) is 3.00. The molecule has 2 heteroatoms. The summed E-state index contributed by atoms with van der Waals surface area (Å²) >= 11 is 0.938. The minimum atomic E-state index is 0.727. The van der Waals surface area contributed by atoms with Gasteiger partial charge in [0.15, 0.2) is 0 Å². The van der Waals surface area contributed by atoms with Crippen LogP contribution in [0.1, 0.15) is 20.8 Å². The first kappa shape index (κ1) is 8.76. The molecule has 0 saturated heterocycles. The van der Waals surface area contributed by atoms with Crippen molar-refractivity contribution in [3.05, 3.63) is 0 Å². The van der Waals surface area contributed by atoms with Gasteiger partial charge in [-0.15, -0.1) is 0 Å². The van der Waals surface area contributed by atoms with Crippen molar-refractivity contribution in [1.82, 2.24) is 0 Å². The normalized spacial score (nSPS) is 14.6. The Morgan fingerprint density at radius 1 is 1.38 bits per heavy atom. The van der Waals surface area contributed by atoms with E-state index >= 15 is 0 Å². The van der Waals surface area contributed by atoms with E-state index in [9.17, 15) is 0 Å². The second kappa shape index (κ2) is 4.62. The Balaban J connectivity index is 3.17. The molecule has 0 aliphatic carbocycles. The molecule has 1 atom stereocenters. The molecule has 0 N–H and O–H groups in total. The molecule has 0 rings (SSSR count). The van der Waals surface area contributed by atoms with E-state index in [1.165, 1.54) is 0 Å². The van der Waals surface area contributed by atoms with E-state index in [1.54, 1.807) is 0 Å². The predicted octanol–water partition coefficient (Wildman–Crippen LogP) is 1.11. The van der Waals surface area contributed by atoms with Gasteiger partial charge in [0.2, 0.25) is 0 Å². The summed E-state index contributed by atoms with van der Waals surface area (Å²) in [6.45, 7) is 7.62. The number of hydrogen-bond acceptors (Lipinski definition) is 1. The van der Waals surface area contributed by atoms with Crippen LogP contribution in [-0.4, -0.2) is 29.5 Å². The van der Waals surface area contributed by atoms with Gasteiger partial charge in [0, 0.05) is 0 Å². The van der Waals surface area contributed by atoms with Gasteiger partial charge in [-0.05, 0) is 0 Å². The van der Waals surface area contributed by atoms with Crippen LogP contribution in [0.15, 0.2) is 0 Å². The molecule has 0 saturated carbocycles. The van der Waals surface area contributed by atoms with E-state index in [1.807, 2.05) is 0 Å². The van der Waals surface area contributed by atoms with Gasteiger partial charge in [-0.2, -0.15) is 0 Å². The predicted molar refractivity (Wildman–Crippen MR) is 37.1 cm³/mol. The summed E-state index contributed by atoms with van der Waals surface area (Å²) in [7, 11) is 0. The average Bonchev–Trinajstić information content (AvgIpc) is 1.67. The van der Waals surface area contributed by atoms with Crippen molar-refractivity contribution in [3.63, 3.8) is 0 Å². The first-order valence-corrected chi connectivity index (χ1v) is 4.34. The van der Waals surface area contributed by atoms with Gasteiger partial charge in [0.25, 0.3) is 0 Å². The molecule has 0 spiro atoms. The van der Waals surface area contributed by atoms with Crippen molar-refractivity contribution < 1.29 is 3.07 Å². The van der Waals surface area contributed by atoms with Gasteiger partial charge in [-0.1, -0.05) is 0 Å². The standard InChI is InChI=1S/C6H13O.Sn.H/c1-5(2)6(3)4-7;;/h5-6H,4H2,1-3H3;;/q-1;+1;. The van der Waals surface area contributed by atoms with Gasteiger partial charge < -0.3 is 0 Å². The van der Waals surface area contributed by atoms with Crippen LogP contribution < -0.4 is 0 Å². The van der Waals surface area contributed by atoms with E-state index in [2.05, 4.69) is 20.8 Å². The Hall–Kier alpha value is 0.759. The molecule has 1 nitrogen and oxygen atoms in total. The van der Waals surface area contributed by atoms with E-state index < -0.39 is 0 Å². The van der Waals surface area contributed by atoms with E-state index in [-0.39, 0.29) is 0 Å². The van der Waals surface area contributed by atoms with Gasteiger partial charge in [0.05, 0.1) is 0 Å². The minimum absolute atomic E-state index is 0.727. The average molecular weight is 221 g/mol. The van der Waals surface area contributed by atoms with Gasteiger partial charge in [0.1, 0.15) is 0 Å². The van der Waals surface area contributed by atoms with E-state index in [0.717, 1.165) is 41.4 Å².